The van der Waals surface area contributed by atoms with Gasteiger partial charge in [0.05, 0.1) is 51.7 Å². The highest BCUT2D eigenvalue weighted by Crippen LogP contribution is 2.40. The second kappa shape index (κ2) is 21.9. The Hall–Kier alpha value is -5.78. The van der Waals surface area contributed by atoms with Crippen LogP contribution in [0.25, 0.3) is 10.4 Å². The molecular formula is C52H61F3N8O6S2. The molecule has 3 atom stereocenters. The van der Waals surface area contributed by atoms with Gasteiger partial charge < -0.3 is 35.2 Å². The first-order valence-electron chi connectivity index (χ1n) is 23.8. The van der Waals surface area contributed by atoms with Gasteiger partial charge in [-0.1, -0.05) is 57.2 Å². The summed E-state index contributed by atoms with van der Waals surface area (Å²) in [4.78, 5) is 66.3. The lowest BCUT2D eigenvalue weighted by Gasteiger charge is -2.35. The van der Waals surface area contributed by atoms with Gasteiger partial charge in [0.2, 0.25) is 17.7 Å². The number of halogens is 3. The summed E-state index contributed by atoms with van der Waals surface area (Å²) in [5.41, 5.74) is 2.86. The van der Waals surface area contributed by atoms with Crippen molar-refractivity contribution < 1.29 is 42.2 Å². The number of aryl methyl sites for hydroxylation is 1. The number of amides is 4. The lowest BCUT2D eigenvalue weighted by atomic mass is 9.85. The summed E-state index contributed by atoms with van der Waals surface area (Å²) >= 11 is 7.27. The fourth-order valence-electron chi connectivity index (χ4n) is 9.49. The number of nitriles is 1. The Morgan fingerprint density at radius 2 is 1.69 bits per heavy atom. The lowest BCUT2D eigenvalue weighted by molar-refractivity contribution is -0.144. The molecule has 1 aromatic heterocycles. The van der Waals surface area contributed by atoms with Gasteiger partial charge in [0.1, 0.15) is 17.6 Å². The molecule has 71 heavy (non-hydrogen) atoms. The number of anilines is 2. The maximum atomic E-state index is 14.0. The molecule has 0 radical (unpaired) electrons. The van der Waals surface area contributed by atoms with Crippen molar-refractivity contribution in [3.8, 4) is 16.5 Å². The number of benzene rings is 3. The standard InChI is InChI=1S/C52H61F3N8O6S2/c1-32-44(71-31-58-32)36-11-9-33(10-12-36)29-57-46(66)42-27-40(64)30-61(42)47(67)45(50(2,3)4)59-43(65)8-7-24-69-25-23-60-21-19-35(20-22-60)34-13-16-38(17-14-34)63-49(70)62(48(68)51(63,5)6)39-18-15-37(28-56)41(26-39)52(53,54)55/h9-18,26,31,35,40,42,45,64H,7-8,19-25,27,29-30H2,1-6H3,(H,57,66)(H,59,65)/t40-,42+,45-/m1/s1. The van der Waals surface area contributed by atoms with E-state index < -0.39 is 58.3 Å². The molecule has 3 fully saturated rings. The highest BCUT2D eigenvalue weighted by atomic mass is 32.1. The van der Waals surface area contributed by atoms with Crippen LogP contribution < -0.4 is 20.4 Å². The summed E-state index contributed by atoms with van der Waals surface area (Å²) in [6.07, 6.45) is -3.13. The monoisotopic (exact) mass is 1010 g/mol. The van der Waals surface area contributed by atoms with Gasteiger partial charge in [-0.3, -0.25) is 24.1 Å². The van der Waals surface area contributed by atoms with Crippen LogP contribution in [0.5, 0.6) is 0 Å². The van der Waals surface area contributed by atoms with Gasteiger partial charge in [-0.25, -0.2) is 4.98 Å². The minimum atomic E-state index is -4.79. The first kappa shape index (κ1) is 53.0. The molecule has 3 saturated heterocycles. The van der Waals surface area contributed by atoms with E-state index in [9.17, 15) is 42.7 Å². The van der Waals surface area contributed by atoms with E-state index in [4.69, 9.17) is 17.0 Å². The Morgan fingerprint density at radius 3 is 2.31 bits per heavy atom. The number of likely N-dealkylation sites (tertiary alicyclic amines) is 2. The number of aliphatic hydroxyl groups excluding tert-OH is 1. The third kappa shape index (κ3) is 12.1. The van der Waals surface area contributed by atoms with Crippen molar-refractivity contribution in [2.75, 3.05) is 49.2 Å². The molecule has 0 unspecified atom stereocenters. The van der Waals surface area contributed by atoms with Crippen LogP contribution in [0.3, 0.4) is 0 Å². The van der Waals surface area contributed by atoms with Gasteiger partial charge >= 0.3 is 6.18 Å². The number of piperidine rings is 1. The van der Waals surface area contributed by atoms with Gasteiger partial charge in [0, 0.05) is 44.8 Å². The number of alkyl halides is 3. The van der Waals surface area contributed by atoms with Crippen LogP contribution >= 0.6 is 23.6 Å². The lowest BCUT2D eigenvalue weighted by Crippen LogP contribution is -2.57. The quantitative estimate of drug-likeness (QED) is 0.0742. The summed E-state index contributed by atoms with van der Waals surface area (Å²) in [5.74, 6) is -1.27. The molecule has 0 spiro atoms. The van der Waals surface area contributed by atoms with E-state index in [1.54, 1.807) is 36.2 Å². The predicted molar refractivity (Wildman–Crippen MR) is 269 cm³/mol. The summed E-state index contributed by atoms with van der Waals surface area (Å²) < 4.78 is 47.3. The number of aliphatic hydroxyl groups is 1. The van der Waals surface area contributed by atoms with Gasteiger partial charge in [-0.05, 0) is 124 Å². The molecule has 14 nitrogen and oxygen atoms in total. The average Bonchev–Trinajstić information content (AvgIpc) is 4.00. The molecule has 4 amide bonds. The topological polar surface area (TPSA) is 171 Å². The van der Waals surface area contributed by atoms with Crippen molar-refractivity contribution in [3.05, 3.63) is 100 Å². The van der Waals surface area contributed by atoms with Gasteiger partial charge in [-0.15, -0.1) is 11.3 Å². The van der Waals surface area contributed by atoms with E-state index in [0.717, 1.165) is 76.8 Å². The summed E-state index contributed by atoms with van der Waals surface area (Å²) in [7, 11) is 0. The highest BCUT2D eigenvalue weighted by Gasteiger charge is 2.51. The van der Waals surface area contributed by atoms with E-state index in [-0.39, 0.29) is 48.5 Å². The van der Waals surface area contributed by atoms with Crippen molar-refractivity contribution in [3.63, 3.8) is 0 Å². The molecule has 3 aliphatic rings. The van der Waals surface area contributed by atoms with E-state index in [2.05, 4.69) is 20.5 Å². The van der Waals surface area contributed by atoms with Gasteiger partial charge in [-0.2, -0.15) is 18.4 Å². The molecular weight excluding hydrogens is 954 g/mol. The normalized spacial score (nSPS) is 19.3. The third-order valence-electron chi connectivity index (χ3n) is 13.5. The Bertz CT molecular complexity index is 2640. The Morgan fingerprint density at radius 1 is 1.01 bits per heavy atom. The Labute approximate surface area is 422 Å². The van der Waals surface area contributed by atoms with E-state index in [0.29, 0.717) is 31.2 Å². The van der Waals surface area contributed by atoms with Crippen molar-refractivity contribution >= 4 is 63.7 Å². The van der Waals surface area contributed by atoms with E-state index >= 15 is 0 Å². The first-order chi connectivity index (χ1) is 33.6. The zero-order valence-electron chi connectivity index (χ0n) is 40.8. The van der Waals surface area contributed by atoms with Crippen LogP contribution in [0.2, 0.25) is 0 Å². The fraction of sp³-hybridized carbons (Fsp3) is 0.481. The van der Waals surface area contributed by atoms with Crippen LogP contribution in [-0.4, -0.2) is 112 Å². The number of thiocarbonyl (C=S) groups is 1. The average molecular weight is 1020 g/mol. The van der Waals surface area contributed by atoms with Crippen LogP contribution in [0.15, 0.2) is 72.2 Å². The van der Waals surface area contributed by atoms with Crippen molar-refractivity contribution in [2.24, 2.45) is 5.41 Å². The minimum absolute atomic E-state index is 0.00948. The molecule has 3 aromatic carbocycles. The number of carbonyl (C=O) groups excluding carboxylic acids is 4. The Kier molecular flexibility index (Phi) is 16.4. The number of aromatic nitrogens is 1. The van der Waals surface area contributed by atoms with Crippen molar-refractivity contribution in [1.29, 1.82) is 5.26 Å². The van der Waals surface area contributed by atoms with Crippen molar-refractivity contribution in [1.82, 2.24) is 25.4 Å². The Balaban J connectivity index is 0.826. The molecule has 4 aromatic rings. The first-order valence-corrected chi connectivity index (χ1v) is 25.1. The van der Waals surface area contributed by atoms with Crippen LogP contribution in [0.4, 0.5) is 24.5 Å². The second-order valence-electron chi connectivity index (χ2n) is 20.0. The zero-order chi connectivity index (χ0) is 51.4. The molecule has 19 heteroatoms. The predicted octanol–water partition coefficient (Wildman–Crippen LogP) is 7.71. The molecule has 0 saturated carbocycles. The second-order valence-corrected chi connectivity index (χ2v) is 21.2. The smallest absolute Gasteiger partial charge is 0.391 e. The highest BCUT2D eigenvalue weighted by molar-refractivity contribution is 7.81. The molecule has 4 heterocycles. The number of nitrogens with one attached hydrogen (secondary N) is 2. The molecule has 0 aliphatic carbocycles. The van der Waals surface area contributed by atoms with Crippen LogP contribution in [0.1, 0.15) is 101 Å². The van der Waals surface area contributed by atoms with Crippen molar-refractivity contribution in [2.45, 2.75) is 116 Å². The number of carbonyl (C=O) groups is 4. The maximum Gasteiger partial charge on any atom is 0.417 e. The summed E-state index contributed by atoms with van der Waals surface area (Å²) in [6, 6.07) is 18.5. The largest absolute Gasteiger partial charge is 0.417 e. The number of nitrogens with zero attached hydrogens (tertiary/aromatic N) is 6. The van der Waals surface area contributed by atoms with Crippen LogP contribution in [0, 0.1) is 23.7 Å². The minimum Gasteiger partial charge on any atom is -0.391 e. The molecule has 0 bridgehead atoms. The number of ether oxygens (including phenoxy) is 1. The maximum absolute atomic E-state index is 14.0. The summed E-state index contributed by atoms with van der Waals surface area (Å²) in [5, 5.41) is 25.7. The number of hydrogen-bond acceptors (Lipinski definition) is 11. The zero-order valence-corrected chi connectivity index (χ0v) is 42.5. The van der Waals surface area contributed by atoms with E-state index in [1.807, 2.05) is 81.7 Å². The third-order valence-corrected chi connectivity index (χ3v) is 14.9. The van der Waals surface area contributed by atoms with Gasteiger partial charge in [0.25, 0.3) is 5.91 Å². The molecule has 7 rings (SSSR count). The van der Waals surface area contributed by atoms with Crippen LogP contribution in [-0.2, 0) is 36.6 Å². The van der Waals surface area contributed by atoms with E-state index in [1.165, 1.54) is 11.0 Å². The SMILES string of the molecule is Cc1ncsc1-c1ccc(CNC(=O)[C@@H]2C[C@@H](O)CN2C(=O)[C@@H](NC(=O)CCCOCCN2CCC(c3ccc(N4C(=S)N(c5ccc(C#N)c(C(F)(F)F)c5)C(=O)C4(C)C)cc3)CC2)C(C)(C)C)cc1. The number of hydrogen-bond donors (Lipinski definition) is 3. The van der Waals surface area contributed by atoms with Gasteiger partial charge in [0.15, 0.2) is 5.11 Å². The molecule has 378 valence electrons. The number of thiazole rings is 1. The fourth-order valence-corrected chi connectivity index (χ4v) is 10.8. The molecule has 3 N–H and O–H groups in total. The number of β-amino-alcohol motifs (C(OH)–C–C–N with tert-alkyl or cyclic N) is 1. The molecule has 3 aliphatic heterocycles. The summed E-state index contributed by atoms with van der Waals surface area (Å²) in [6.45, 7) is 14.4. The number of rotatable bonds is 16.